The number of ether oxygens (including phenoxy) is 1. The van der Waals surface area contributed by atoms with Gasteiger partial charge in [0.25, 0.3) is 5.56 Å². The second-order valence-corrected chi connectivity index (χ2v) is 9.46. The molecule has 168 valence electrons. The summed E-state index contributed by atoms with van der Waals surface area (Å²) < 4.78 is 8.14. The molecule has 0 saturated carbocycles. The van der Waals surface area contributed by atoms with Gasteiger partial charge < -0.3 is 4.74 Å². The summed E-state index contributed by atoms with van der Waals surface area (Å²) >= 11 is 1.42. The van der Waals surface area contributed by atoms with Crippen LogP contribution < -0.4 is 5.56 Å². The van der Waals surface area contributed by atoms with Crippen LogP contribution in [0, 0.1) is 0 Å². The highest BCUT2D eigenvalue weighted by atomic mass is 32.2. The van der Waals surface area contributed by atoms with Crippen molar-refractivity contribution in [3.8, 4) is 11.3 Å². The van der Waals surface area contributed by atoms with Crippen LogP contribution in [-0.2, 0) is 27.9 Å². The van der Waals surface area contributed by atoms with Crippen LogP contribution in [0.15, 0.2) is 46.4 Å². The number of nitrogens with zero attached hydrogens (tertiary/aromatic N) is 4. The number of fused-ring (bicyclic) bond motifs is 4. The van der Waals surface area contributed by atoms with Crippen molar-refractivity contribution >= 4 is 23.5 Å². The maximum absolute atomic E-state index is 14.0. The van der Waals surface area contributed by atoms with Crippen molar-refractivity contribution in [3.05, 3.63) is 57.9 Å². The van der Waals surface area contributed by atoms with Crippen LogP contribution in [0.2, 0.25) is 0 Å². The van der Waals surface area contributed by atoms with E-state index in [1.807, 2.05) is 25.1 Å². The lowest BCUT2D eigenvalue weighted by atomic mass is 9.69. The first-order valence-electron chi connectivity index (χ1n) is 10.8. The first-order chi connectivity index (χ1) is 15.3. The Balaban J connectivity index is 2.01. The van der Waals surface area contributed by atoms with E-state index in [1.54, 1.807) is 11.3 Å². The molecule has 0 fully saturated rings. The van der Waals surface area contributed by atoms with Crippen LogP contribution >= 0.6 is 11.8 Å². The van der Waals surface area contributed by atoms with Crippen LogP contribution in [0.1, 0.15) is 45.2 Å². The first-order valence-corrected chi connectivity index (χ1v) is 11.8. The average Bonchev–Trinajstić information content (AvgIpc) is 3.10. The second-order valence-electron chi connectivity index (χ2n) is 8.52. The summed E-state index contributed by atoms with van der Waals surface area (Å²) in [6.07, 6.45) is 1.59. The molecule has 1 aliphatic carbocycles. The third-order valence-corrected chi connectivity index (χ3v) is 7.12. The van der Waals surface area contributed by atoms with Crippen LogP contribution in [0.25, 0.3) is 17.0 Å². The first kappa shape index (κ1) is 22.3. The molecule has 2 aromatic heterocycles. The molecule has 7 nitrogen and oxygen atoms in total. The zero-order chi connectivity index (χ0) is 23.0. The zero-order valence-corrected chi connectivity index (χ0v) is 19.8. The summed E-state index contributed by atoms with van der Waals surface area (Å²) in [4.78, 5) is 31.1. The van der Waals surface area contributed by atoms with Gasteiger partial charge in [0.05, 0.1) is 17.9 Å². The minimum Gasteiger partial charge on any atom is -0.465 e. The van der Waals surface area contributed by atoms with E-state index in [0.717, 1.165) is 24.0 Å². The van der Waals surface area contributed by atoms with Gasteiger partial charge in [-0.3, -0.25) is 9.59 Å². The topological polar surface area (TPSA) is 78.5 Å². The molecule has 8 heteroatoms. The summed E-state index contributed by atoms with van der Waals surface area (Å²) in [5, 5.41) is 5.09. The van der Waals surface area contributed by atoms with Crippen LogP contribution in [0.5, 0.6) is 0 Å². The highest BCUT2D eigenvalue weighted by Crippen LogP contribution is 2.42. The van der Waals surface area contributed by atoms with E-state index in [0.29, 0.717) is 27.9 Å². The quantitative estimate of drug-likeness (QED) is 0.306. The lowest BCUT2D eigenvalue weighted by Crippen LogP contribution is -2.38. The standard InChI is InChI=1S/C24H28N4O3S/c1-6-24(5)12-16-10-8-9-11-17(16)20-19(24)21(30)28-22(25-20)27(13-18(29)31-7-2)26-23(28)32-14-15(3)4/h8-11H,3,6-7,12-14H2,1-2,4-5H3/t24-/m0/s1. The lowest BCUT2D eigenvalue weighted by Gasteiger charge is -2.35. The van der Waals surface area contributed by atoms with Crippen molar-refractivity contribution in [2.24, 2.45) is 0 Å². The molecule has 32 heavy (non-hydrogen) atoms. The van der Waals surface area contributed by atoms with E-state index in [4.69, 9.17) is 9.72 Å². The summed E-state index contributed by atoms with van der Waals surface area (Å²) in [5.74, 6) is 0.545. The van der Waals surface area contributed by atoms with Crippen molar-refractivity contribution in [1.29, 1.82) is 0 Å². The predicted octanol–water partition coefficient (Wildman–Crippen LogP) is 4.01. The predicted molar refractivity (Wildman–Crippen MR) is 126 cm³/mol. The Labute approximate surface area is 191 Å². The molecule has 1 aliphatic rings. The highest BCUT2D eigenvalue weighted by Gasteiger charge is 2.38. The number of carbonyl (C=O) groups is 1. The number of rotatable bonds is 7. The molecule has 0 bridgehead atoms. The zero-order valence-electron chi connectivity index (χ0n) is 19.0. The maximum Gasteiger partial charge on any atom is 0.327 e. The Morgan fingerprint density at radius 2 is 2.06 bits per heavy atom. The largest absolute Gasteiger partial charge is 0.465 e. The summed E-state index contributed by atoms with van der Waals surface area (Å²) in [7, 11) is 0. The van der Waals surface area contributed by atoms with Crippen molar-refractivity contribution in [2.45, 2.75) is 57.7 Å². The van der Waals surface area contributed by atoms with Crippen LogP contribution in [0.3, 0.4) is 0 Å². The van der Waals surface area contributed by atoms with Crippen molar-refractivity contribution in [1.82, 2.24) is 19.2 Å². The fourth-order valence-corrected chi connectivity index (χ4v) is 5.04. The van der Waals surface area contributed by atoms with Gasteiger partial charge in [-0.1, -0.05) is 62.0 Å². The molecule has 0 spiro atoms. The third kappa shape index (κ3) is 3.77. The Bertz CT molecular complexity index is 1280. The summed E-state index contributed by atoms with van der Waals surface area (Å²) in [6.45, 7) is 12.0. The van der Waals surface area contributed by atoms with Gasteiger partial charge >= 0.3 is 5.97 Å². The van der Waals surface area contributed by atoms with Crippen molar-refractivity contribution in [2.75, 3.05) is 12.4 Å². The molecule has 4 rings (SSSR count). The smallest absolute Gasteiger partial charge is 0.327 e. The molecule has 0 N–H and O–H groups in total. The number of hydrogen-bond acceptors (Lipinski definition) is 6. The second kappa shape index (κ2) is 8.58. The average molecular weight is 453 g/mol. The summed E-state index contributed by atoms with van der Waals surface area (Å²) in [5.41, 5.74) is 4.04. The molecule has 0 radical (unpaired) electrons. The third-order valence-electron chi connectivity index (χ3n) is 5.96. The van der Waals surface area contributed by atoms with E-state index in [9.17, 15) is 9.59 Å². The molecule has 2 heterocycles. The molecule has 0 saturated heterocycles. The van der Waals surface area contributed by atoms with Crippen molar-refractivity contribution in [3.63, 3.8) is 0 Å². The molecule has 0 amide bonds. The van der Waals surface area contributed by atoms with E-state index in [2.05, 4.69) is 31.6 Å². The van der Waals surface area contributed by atoms with E-state index >= 15 is 0 Å². The molecular formula is C24H28N4O3S. The van der Waals surface area contributed by atoms with E-state index in [1.165, 1.54) is 22.0 Å². The van der Waals surface area contributed by atoms with E-state index < -0.39 is 5.97 Å². The normalized spacial score (nSPS) is 17.1. The summed E-state index contributed by atoms with van der Waals surface area (Å²) in [6, 6.07) is 8.09. The molecular weight excluding hydrogens is 424 g/mol. The SMILES string of the molecule is C=C(C)CSc1nn(CC(=O)OCC)c2nc3c(c(=O)n12)[C@@](C)(CC)Cc1ccccc1-3. The molecule has 0 aliphatic heterocycles. The number of esters is 1. The van der Waals surface area contributed by atoms with Crippen molar-refractivity contribution < 1.29 is 9.53 Å². The van der Waals surface area contributed by atoms with E-state index in [-0.39, 0.29) is 24.1 Å². The Morgan fingerprint density at radius 1 is 1.31 bits per heavy atom. The number of aromatic nitrogens is 4. The Morgan fingerprint density at radius 3 is 2.75 bits per heavy atom. The van der Waals surface area contributed by atoms with Gasteiger partial charge in [-0.05, 0) is 32.3 Å². The molecule has 1 atom stereocenters. The van der Waals surface area contributed by atoms with Gasteiger partial charge in [0, 0.05) is 16.7 Å². The Kier molecular flexibility index (Phi) is 5.99. The Hall–Kier alpha value is -2.87. The number of carbonyl (C=O) groups excluding carboxylic acids is 1. The maximum atomic E-state index is 14.0. The minimum atomic E-state index is -0.417. The minimum absolute atomic E-state index is 0.108. The molecule has 0 unspecified atom stereocenters. The van der Waals surface area contributed by atoms with Gasteiger partial charge in [-0.15, -0.1) is 5.10 Å². The highest BCUT2D eigenvalue weighted by molar-refractivity contribution is 7.99. The fraction of sp³-hybridized carbons (Fsp3) is 0.417. The molecule has 1 aromatic carbocycles. The fourth-order valence-electron chi connectivity index (χ4n) is 4.22. The van der Waals surface area contributed by atoms with Gasteiger partial charge in [-0.2, -0.15) is 0 Å². The number of thioether (sulfide) groups is 1. The number of hydrogen-bond donors (Lipinski definition) is 0. The van der Waals surface area contributed by atoms with Gasteiger partial charge in [0.2, 0.25) is 5.78 Å². The van der Waals surface area contributed by atoms with Crippen LogP contribution in [0.4, 0.5) is 0 Å². The van der Waals surface area contributed by atoms with Gasteiger partial charge in [0.1, 0.15) is 6.54 Å². The monoisotopic (exact) mass is 452 g/mol. The lowest BCUT2D eigenvalue weighted by molar-refractivity contribution is -0.143. The van der Waals surface area contributed by atoms with Gasteiger partial charge in [0.15, 0.2) is 5.16 Å². The van der Waals surface area contributed by atoms with Gasteiger partial charge in [-0.25, -0.2) is 14.1 Å². The number of benzene rings is 1. The molecule has 3 aromatic rings. The van der Waals surface area contributed by atoms with Crippen LogP contribution in [-0.4, -0.2) is 37.5 Å².